The normalized spacial score (nSPS) is 15.0. The van der Waals surface area contributed by atoms with Gasteiger partial charge in [-0.05, 0) is 49.7 Å². The van der Waals surface area contributed by atoms with Crippen molar-refractivity contribution in [3.63, 3.8) is 0 Å². The van der Waals surface area contributed by atoms with E-state index in [1.165, 1.54) is 12.1 Å². The Morgan fingerprint density at radius 2 is 1.79 bits per heavy atom. The number of ether oxygens (including phenoxy) is 1. The van der Waals surface area contributed by atoms with Crippen LogP contribution < -0.4 is 20.6 Å². The molecule has 0 saturated carbocycles. The van der Waals surface area contributed by atoms with Crippen molar-refractivity contribution in [3.8, 4) is 5.75 Å². The highest BCUT2D eigenvalue weighted by Crippen LogP contribution is 2.28. The van der Waals surface area contributed by atoms with Crippen molar-refractivity contribution in [3.05, 3.63) is 52.9 Å². The molecule has 1 saturated heterocycles. The average molecular weight is 396 g/mol. The number of nitrogens with one attached hydrogen (secondary N) is 3. The molecular formula is C22H29N5O2. The molecule has 1 aliphatic heterocycles. The van der Waals surface area contributed by atoms with E-state index in [1.807, 2.05) is 30.3 Å². The number of nitrogens with zero attached hydrogens (tertiary/aromatic N) is 2. The fourth-order valence-electron chi connectivity index (χ4n) is 3.94. The van der Waals surface area contributed by atoms with E-state index in [2.05, 4.69) is 37.2 Å². The van der Waals surface area contributed by atoms with Crippen molar-refractivity contribution in [1.29, 1.82) is 0 Å². The van der Waals surface area contributed by atoms with Gasteiger partial charge in [-0.3, -0.25) is 4.90 Å². The van der Waals surface area contributed by atoms with E-state index in [0.29, 0.717) is 0 Å². The number of fused-ring (bicyclic) bond motifs is 1. The highest BCUT2D eigenvalue weighted by Gasteiger charge is 2.18. The maximum absolute atomic E-state index is 11.3. The molecule has 154 valence electrons. The number of piperazine rings is 1. The summed E-state index contributed by atoms with van der Waals surface area (Å²) in [6.07, 6.45) is 2.29. The summed E-state index contributed by atoms with van der Waals surface area (Å²) in [4.78, 5) is 21.9. The van der Waals surface area contributed by atoms with Crippen molar-refractivity contribution in [2.75, 3.05) is 56.6 Å². The van der Waals surface area contributed by atoms with Crippen molar-refractivity contribution in [2.24, 2.45) is 0 Å². The third-order valence-electron chi connectivity index (χ3n) is 5.54. The van der Waals surface area contributed by atoms with Crippen LogP contribution in [0.1, 0.15) is 12.8 Å². The van der Waals surface area contributed by atoms with Gasteiger partial charge < -0.3 is 24.9 Å². The van der Waals surface area contributed by atoms with Gasteiger partial charge in [0, 0.05) is 38.4 Å². The molecule has 2 heterocycles. The van der Waals surface area contributed by atoms with Crippen molar-refractivity contribution < 1.29 is 4.74 Å². The second-order valence-corrected chi connectivity index (χ2v) is 7.47. The molecule has 29 heavy (non-hydrogen) atoms. The third-order valence-corrected chi connectivity index (χ3v) is 5.54. The first-order valence-corrected chi connectivity index (χ1v) is 10.3. The number of hydrogen-bond acceptors (Lipinski definition) is 5. The quantitative estimate of drug-likeness (QED) is 0.512. The maximum Gasteiger partial charge on any atom is 0.323 e. The fourth-order valence-corrected chi connectivity index (χ4v) is 3.94. The van der Waals surface area contributed by atoms with Crippen molar-refractivity contribution in [2.45, 2.75) is 12.8 Å². The molecule has 0 radical (unpaired) electrons. The summed E-state index contributed by atoms with van der Waals surface area (Å²) in [6.45, 7) is 6.31. The van der Waals surface area contributed by atoms with E-state index in [1.54, 1.807) is 7.11 Å². The molecule has 0 unspecified atom stereocenters. The molecule has 3 aromatic rings. The van der Waals surface area contributed by atoms with Gasteiger partial charge in [-0.2, -0.15) is 0 Å². The zero-order chi connectivity index (χ0) is 20.1. The number of anilines is 2. The van der Waals surface area contributed by atoms with Crippen LogP contribution in [0.5, 0.6) is 5.75 Å². The standard InChI is InChI=1S/C22H29N5O2/c1-29-21-7-3-2-6-20(21)27-14-12-26(13-15-27)11-5-4-10-23-17-8-9-18-19(16-17)25-22(28)24-18/h2-3,6-9,16,23H,4-5,10-15H2,1H3,(H2,24,25,28). The zero-order valence-electron chi connectivity index (χ0n) is 16.9. The lowest BCUT2D eigenvalue weighted by atomic mass is 10.2. The lowest BCUT2D eigenvalue weighted by Gasteiger charge is -2.36. The lowest BCUT2D eigenvalue weighted by Crippen LogP contribution is -2.46. The van der Waals surface area contributed by atoms with Crippen LogP contribution in [-0.2, 0) is 0 Å². The highest BCUT2D eigenvalue weighted by atomic mass is 16.5. The number of methoxy groups -OCH3 is 1. The minimum absolute atomic E-state index is 0.164. The van der Waals surface area contributed by atoms with Gasteiger partial charge >= 0.3 is 5.69 Å². The van der Waals surface area contributed by atoms with E-state index in [0.717, 1.165) is 68.2 Å². The lowest BCUT2D eigenvalue weighted by molar-refractivity contribution is 0.253. The molecule has 4 rings (SSSR count). The molecule has 7 nitrogen and oxygen atoms in total. The van der Waals surface area contributed by atoms with Crippen LogP contribution >= 0.6 is 0 Å². The number of aromatic nitrogens is 2. The zero-order valence-corrected chi connectivity index (χ0v) is 16.9. The van der Waals surface area contributed by atoms with E-state index in [4.69, 9.17) is 4.74 Å². The molecule has 0 spiro atoms. The topological polar surface area (TPSA) is 76.4 Å². The Kier molecular flexibility index (Phi) is 6.05. The first-order chi connectivity index (χ1) is 14.2. The summed E-state index contributed by atoms with van der Waals surface area (Å²) in [7, 11) is 1.73. The molecule has 1 aromatic heterocycles. The SMILES string of the molecule is COc1ccccc1N1CCN(CCCCNc2ccc3[nH]c(=O)[nH]c3c2)CC1. The summed E-state index contributed by atoms with van der Waals surface area (Å²) in [5.41, 5.74) is 3.75. The first kappa shape index (κ1) is 19.4. The van der Waals surface area contributed by atoms with Crippen LogP contribution in [0.3, 0.4) is 0 Å². The Labute approximate surface area is 170 Å². The molecule has 0 bridgehead atoms. The Morgan fingerprint density at radius 1 is 1.00 bits per heavy atom. The van der Waals surface area contributed by atoms with Crippen molar-refractivity contribution >= 4 is 22.4 Å². The minimum Gasteiger partial charge on any atom is -0.495 e. The molecule has 2 aromatic carbocycles. The van der Waals surface area contributed by atoms with Crippen LogP contribution in [0.2, 0.25) is 0 Å². The largest absolute Gasteiger partial charge is 0.495 e. The number of unbranched alkanes of at least 4 members (excludes halogenated alkanes) is 1. The Morgan fingerprint density at radius 3 is 2.62 bits per heavy atom. The van der Waals surface area contributed by atoms with E-state index in [-0.39, 0.29) is 5.69 Å². The maximum atomic E-state index is 11.3. The van der Waals surface area contributed by atoms with E-state index < -0.39 is 0 Å². The summed E-state index contributed by atoms with van der Waals surface area (Å²) < 4.78 is 5.50. The number of H-pyrrole nitrogens is 2. The van der Waals surface area contributed by atoms with Gasteiger partial charge in [-0.15, -0.1) is 0 Å². The summed E-state index contributed by atoms with van der Waals surface area (Å²) in [5, 5.41) is 3.45. The highest BCUT2D eigenvalue weighted by molar-refractivity contribution is 5.78. The molecule has 0 amide bonds. The van der Waals surface area contributed by atoms with Crippen LogP contribution in [0.4, 0.5) is 11.4 Å². The molecule has 7 heteroatoms. The van der Waals surface area contributed by atoms with Gasteiger partial charge in [-0.1, -0.05) is 12.1 Å². The number of para-hydroxylation sites is 2. The molecule has 0 atom stereocenters. The number of hydrogen-bond donors (Lipinski definition) is 3. The third kappa shape index (κ3) is 4.74. The summed E-state index contributed by atoms with van der Waals surface area (Å²) in [5.74, 6) is 0.953. The van der Waals surface area contributed by atoms with Crippen molar-refractivity contribution in [1.82, 2.24) is 14.9 Å². The predicted octanol–water partition coefficient (Wildman–Crippen LogP) is 2.88. The van der Waals surface area contributed by atoms with Gasteiger partial charge in [0.25, 0.3) is 0 Å². The predicted molar refractivity (Wildman–Crippen MR) is 118 cm³/mol. The van der Waals surface area contributed by atoms with Crippen LogP contribution in [-0.4, -0.2) is 61.2 Å². The van der Waals surface area contributed by atoms with Gasteiger partial charge in [0.15, 0.2) is 0 Å². The van der Waals surface area contributed by atoms with Gasteiger partial charge in [-0.25, -0.2) is 4.79 Å². The first-order valence-electron chi connectivity index (χ1n) is 10.3. The molecule has 1 aliphatic rings. The molecule has 1 fully saturated rings. The van der Waals surface area contributed by atoms with Crippen LogP contribution in [0.15, 0.2) is 47.3 Å². The number of benzene rings is 2. The number of rotatable bonds is 8. The van der Waals surface area contributed by atoms with Gasteiger partial charge in [0.2, 0.25) is 0 Å². The summed E-state index contributed by atoms with van der Waals surface area (Å²) in [6, 6.07) is 14.2. The second kappa shape index (κ2) is 9.05. The second-order valence-electron chi connectivity index (χ2n) is 7.47. The minimum atomic E-state index is -0.164. The van der Waals surface area contributed by atoms with E-state index in [9.17, 15) is 4.79 Å². The Hall–Kier alpha value is -2.93. The molecule has 3 N–H and O–H groups in total. The Bertz CT molecular complexity index is 988. The average Bonchev–Trinajstić information content (AvgIpc) is 3.13. The number of imidazole rings is 1. The molecular weight excluding hydrogens is 366 g/mol. The van der Waals surface area contributed by atoms with Gasteiger partial charge in [0.1, 0.15) is 5.75 Å². The number of aromatic amines is 2. The Balaban J connectivity index is 1.16. The van der Waals surface area contributed by atoms with Crippen LogP contribution in [0, 0.1) is 0 Å². The fraction of sp³-hybridized carbons (Fsp3) is 0.409. The summed E-state index contributed by atoms with van der Waals surface area (Å²) >= 11 is 0. The monoisotopic (exact) mass is 395 g/mol. The smallest absolute Gasteiger partial charge is 0.323 e. The van der Waals surface area contributed by atoms with E-state index >= 15 is 0 Å². The van der Waals surface area contributed by atoms with Crippen LogP contribution in [0.25, 0.3) is 11.0 Å². The van der Waals surface area contributed by atoms with Gasteiger partial charge in [0.05, 0.1) is 23.8 Å². The molecule has 0 aliphatic carbocycles.